The van der Waals surface area contributed by atoms with Crippen molar-refractivity contribution in [3.8, 4) is 0 Å². The van der Waals surface area contributed by atoms with Crippen molar-refractivity contribution >= 4 is 44.3 Å². The van der Waals surface area contributed by atoms with Crippen LogP contribution in [0.2, 0.25) is 0 Å². The molecule has 0 heterocycles. The Morgan fingerprint density at radius 1 is 1.50 bits per heavy atom. The molecule has 0 aromatic heterocycles. The van der Waals surface area contributed by atoms with Crippen LogP contribution in [0, 0.1) is 10.5 Å². The van der Waals surface area contributed by atoms with Crippen LogP contribution in [0.4, 0.5) is 0 Å². The molecule has 0 N–H and O–H groups in total. The second-order valence-electron chi connectivity index (χ2n) is 2.64. The van der Waals surface area contributed by atoms with Crippen molar-refractivity contribution in [3.63, 3.8) is 0 Å². The predicted octanol–water partition coefficient (Wildman–Crippen LogP) is 3.56. The molecular formula is C9H8BrIO. The molecule has 0 aliphatic heterocycles. The molecule has 0 spiro atoms. The lowest BCUT2D eigenvalue weighted by molar-refractivity contribution is 0.101. The number of hydrogen-bond donors (Lipinski definition) is 0. The molecule has 0 bridgehead atoms. The molecule has 0 saturated carbocycles. The lowest BCUT2D eigenvalue weighted by atomic mass is 10.1. The number of rotatable bonds is 1. The third-order valence-electron chi connectivity index (χ3n) is 1.60. The van der Waals surface area contributed by atoms with Crippen LogP contribution in [0.5, 0.6) is 0 Å². The number of hydrogen-bond acceptors (Lipinski definition) is 1. The summed E-state index contributed by atoms with van der Waals surface area (Å²) in [6.45, 7) is 3.53. The Balaban J connectivity index is 3.38. The highest BCUT2D eigenvalue weighted by molar-refractivity contribution is 14.1. The van der Waals surface area contributed by atoms with Gasteiger partial charge in [0.2, 0.25) is 0 Å². The zero-order chi connectivity index (χ0) is 9.30. The predicted molar refractivity (Wildman–Crippen MR) is 61.6 cm³/mol. The summed E-state index contributed by atoms with van der Waals surface area (Å²) in [4.78, 5) is 11.2. The molecule has 3 heteroatoms. The Labute approximate surface area is 93.8 Å². The molecule has 0 unspecified atom stereocenters. The minimum atomic E-state index is 0.107. The molecule has 0 aliphatic carbocycles. The minimum Gasteiger partial charge on any atom is -0.294 e. The second-order valence-corrected chi connectivity index (χ2v) is 4.74. The molecule has 0 radical (unpaired) electrons. The molecule has 0 atom stereocenters. The van der Waals surface area contributed by atoms with Gasteiger partial charge in [-0.1, -0.05) is 0 Å². The van der Waals surface area contributed by atoms with E-state index in [0.29, 0.717) is 0 Å². The second kappa shape index (κ2) is 3.87. The van der Waals surface area contributed by atoms with Crippen molar-refractivity contribution in [2.24, 2.45) is 0 Å². The average molecular weight is 339 g/mol. The van der Waals surface area contributed by atoms with E-state index < -0.39 is 0 Å². The van der Waals surface area contributed by atoms with Crippen LogP contribution in [0.15, 0.2) is 16.6 Å². The van der Waals surface area contributed by atoms with E-state index in [0.717, 1.165) is 19.2 Å². The summed E-state index contributed by atoms with van der Waals surface area (Å²) in [7, 11) is 0. The van der Waals surface area contributed by atoms with Crippen molar-refractivity contribution in [2.75, 3.05) is 0 Å². The Morgan fingerprint density at radius 3 is 2.50 bits per heavy atom. The first kappa shape index (κ1) is 10.2. The molecule has 1 aromatic rings. The molecule has 64 valence electrons. The van der Waals surface area contributed by atoms with Gasteiger partial charge in [0.15, 0.2) is 5.78 Å². The molecule has 0 saturated heterocycles. The average Bonchev–Trinajstić information content (AvgIpc) is 1.82. The van der Waals surface area contributed by atoms with Crippen LogP contribution < -0.4 is 0 Å². The highest BCUT2D eigenvalue weighted by Gasteiger charge is 2.08. The van der Waals surface area contributed by atoms with Crippen molar-refractivity contribution in [3.05, 3.63) is 31.3 Å². The number of Topliss-reactive ketones (excluding diaryl/α,β-unsaturated/α-hetero) is 1. The topological polar surface area (TPSA) is 17.1 Å². The van der Waals surface area contributed by atoms with Gasteiger partial charge in [0.1, 0.15) is 0 Å². The van der Waals surface area contributed by atoms with E-state index in [1.54, 1.807) is 6.92 Å². The summed E-state index contributed by atoms with van der Waals surface area (Å²) >= 11 is 5.60. The summed E-state index contributed by atoms with van der Waals surface area (Å²) < 4.78 is 2.03. The molecule has 12 heavy (non-hydrogen) atoms. The molecule has 0 fully saturated rings. The lowest BCUT2D eigenvalue weighted by Gasteiger charge is -2.05. The zero-order valence-electron chi connectivity index (χ0n) is 6.82. The largest absolute Gasteiger partial charge is 0.294 e. The van der Waals surface area contributed by atoms with Crippen LogP contribution in [-0.4, -0.2) is 5.78 Å². The zero-order valence-corrected chi connectivity index (χ0v) is 10.6. The summed E-state index contributed by atoms with van der Waals surface area (Å²) in [5, 5.41) is 0. The van der Waals surface area contributed by atoms with Gasteiger partial charge >= 0.3 is 0 Å². The molecule has 0 aliphatic rings. The van der Waals surface area contributed by atoms with Crippen LogP contribution in [0.1, 0.15) is 22.8 Å². The Hall–Kier alpha value is 0.1000. The monoisotopic (exact) mass is 338 g/mol. The van der Waals surface area contributed by atoms with Gasteiger partial charge in [-0.15, -0.1) is 0 Å². The van der Waals surface area contributed by atoms with Gasteiger partial charge in [-0.05, 0) is 70.1 Å². The third kappa shape index (κ3) is 2.07. The molecule has 0 amide bonds. The summed E-state index contributed by atoms with van der Waals surface area (Å²) in [6.07, 6.45) is 0. The molecule has 1 nitrogen and oxygen atoms in total. The number of halogens is 2. The van der Waals surface area contributed by atoms with E-state index in [2.05, 4.69) is 38.5 Å². The highest BCUT2D eigenvalue weighted by atomic mass is 127. The number of carbonyl (C=O) groups is 1. The van der Waals surface area contributed by atoms with Crippen molar-refractivity contribution in [1.82, 2.24) is 0 Å². The van der Waals surface area contributed by atoms with Gasteiger partial charge in [0.05, 0.1) is 0 Å². The van der Waals surface area contributed by atoms with Crippen LogP contribution in [0.25, 0.3) is 0 Å². The smallest absolute Gasteiger partial charge is 0.161 e. The highest BCUT2D eigenvalue weighted by Crippen LogP contribution is 2.23. The molecule has 1 rings (SSSR count). The summed E-state index contributed by atoms with van der Waals surface area (Å²) in [6, 6.07) is 3.95. The first-order valence-electron chi connectivity index (χ1n) is 3.49. The summed E-state index contributed by atoms with van der Waals surface area (Å²) in [5.74, 6) is 0.107. The van der Waals surface area contributed by atoms with Crippen LogP contribution in [0.3, 0.4) is 0 Å². The Bertz CT molecular complexity index is 310. The van der Waals surface area contributed by atoms with Gasteiger partial charge < -0.3 is 0 Å². The van der Waals surface area contributed by atoms with Gasteiger partial charge in [-0.2, -0.15) is 0 Å². The molecule has 1 aromatic carbocycles. The SMILES string of the molecule is CC(=O)c1c(C)cc(I)cc1Br. The van der Waals surface area contributed by atoms with E-state index in [1.807, 2.05) is 19.1 Å². The van der Waals surface area contributed by atoms with Gasteiger partial charge in [0.25, 0.3) is 0 Å². The maximum atomic E-state index is 11.2. The van der Waals surface area contributed by atoms with Crippen molar-refractivity contribution in [2.45, 2.75) is 13.8 Å². The molecular weight excluding hydrogens is 331 g/mol. The van der Waals surface area contributed by atoms with Crippen LogP contribution >= 0.6 is 38.5 Å². The fourth-order valence-electron chi connectivity index (χ4n) is 1.15. The number of carbonyl (C=O) groups excluding carboxylic acids is 1. The van der Waals surface area contributed by atoms with E-state index in [-0.39, 0.29) is 5.78 Å². The maximum Gasteiger partial charge on any atom is 0.161 e. The first-order chi connectivity index (χ1) is 5.52. The quantitative estimate of drug-likeness (QED) is 0.565. The first-order valence-corrected chi connectivity index (χ1v) is 5.36. The fraction of sp³-hybridized carbons (Fsp3) is 0.222. The van der Waals surface area contributed by atoms with E-state index >= 15 is 0 Å². The third-order valence-corrected chi connectivity index (χ3v) is 2.85. The normalized spacial score (nSPS) is 10.0. The van der Waals surface area contributed by atoms with Gasteiger partial charge in [0, 0.05) is 13.6 Å². The van der Waals surface area contributed by atoms with E-state index in [4.69, 9.17) is 0 Å². The van der Waals surface area contributed by atoms with Gasteiger partial charge in [-0.3, -0.25) is 4.79 Å². The maximum absolute atomic E-state index is 11.2. The number of benzene rings is 1. The number of ketones is 1. The minimum absolute atomic E-state index is 0.107. The Morgan fingerprint density at radius 2 is 2.08 bits per heavy atom. The standard InChI is InChI=1S/C9H8BrIO/c1-5-3-7(11)4-8(10)9(5)6(2)12/h3-4H,1-2H3. The van der Waals surface area contributed by atoms with Crippen molar-refractivity contribution in [1.29, 1.82) is 0 Å². The van der Waals surface area contributed by atoms with Gasteiger partial charge in [-0.25, -0.2) is 0 Å². The van der Waals surface area contributed by atoms with Crippen molar-refractivity contribution < 1.29 is 4.79 Å². The number of aryl methyl sites for hydroxylation is 1. The fourth-order valence-corrected chi connectivity index (χ4v) is 3.19. The van der Waals surface area contributed by atoms with E-state index in [9.17, 15) is 4.79 Å². The van der Waals surface area contributed by atoms with E-state index in [1.165, 1.54) is 0 Å². The Kier molecular flexibility index (Phi) is 3.29. The summed E-state index contributed by atoms with van der Waals surface area (Å²) in [5.41, 5.74) is 1.82. The lowest BCUT2D eigenvalue weighted by Crippen LogP contribution is -1.98. The van der Waals surface area contributed by atoms with Crippen LogP contribution in [-0.2, 0) is 0 Å².